The quantitative estimate of drug-likeness (QED) is 0.143. The van der Waals surface area contributed by atoms with Crippen molar-refractivity contribution in [2.75, 3.05) is 5.75 Å². The molecule has 6 heteroatoms. The van der Waals surface area contributed by atoms with Crippen LogP contribution in [0.3, 0.4) is 0 Å². The summed E-state index contributed by atoms with van der Waals surface area (Å²) in [5, 5.41) is 9.99. The maximum absolute atomic E-state index is 10.5. The zero-order valence-corrected chi connectivity index (χ0v) is 23.0. The molecule has 0 aromatic heterocycles. The fourth-order valence-corrected chi connectivity index (χ4v) is 4.47. The van der Waals surface area contributed by atoms with Crippen LogP contribution >= 0.6 is 0 Å². The maximum Gasteiger partial charge on any atom is 1.00 e. The molecular formula is C24H49NaO4S. The molecular weight excluding hydrogens is 407 g/mol. The summed E-state index contributed by atoms with van der Waals surface area (Å²) in [7, 11) is -4.06. The minimum absolute atomic E-state index is 0. The van der Waals surface area contributed by atoms with E-state index in [2.05, 4.69) is 6.92 Å². The summed E-state index contributed by atoms with van der Waals surface area (Å²) in [6.45, 7) is 2.27. The maximum atomic E-state index is 10.5. The van der Waals surface area contributed by atoms with Gasteiger partial charge in [-0.05, 0) is 19.3 Å². The molecule has 0 rings (SSSR count). The zero-order valence-electron chi connectivity index (χ0n) is 20.2. The third-order valence-electron chi connectivity index (χ3n) is 5.82. The van der Waals surface area contributed by atoms with Crippen molar-refractivity contribution in [1.82, 2.24) is 0 Å². The van der Waals surface area contributed by atoms with Crippen molar-refractivity contribution in [1.29, 1.82) is 0 Å². The van der Waals surface area contributed by atoms with E-state index in [1.165, 1.54) is 89.9 Å². The number of unbranched alkanes of at least 4 members (excludes halogenated alkanes) is 17. The number of aliphatic hydroxyl groups is 1. The fraction of sp³-hybridized carbons (Fsp3) is 1.00. The molecule has 30 heavy (non-hydrogen) atoms. The average Bonchev–Trinajstić information content (AvgIpc) is 2.66. The van der Waals surface area contributed by atoms with Crippen LogP contribution in [0.4, 0.5) is 0 Å². The van der Waals surface area contributed by atoms with Crippen LogP contribution in [0.25, 0.3) is 0 Å². The standard InChI is InChI=1S/C24H50O4S.Na/c1-2-3-4-5-6-7-8-9-10-11-12-13-14-15-18-21-24(25)22-19-16-17-20-23-29(26,27)28;/h24-25H,2-23H2,1H3,(H,26,27,28);/q;+1/p-1. The van der Waals surface area contributed by atoms with Gasteiger partial charge in [0.05, 0.1) is 16.2 Å². The van der Waals surface area contributed by atoms with E-state index >= 15 is 0 Å². The Labute approximate surface area is 210 Å². The first-order chi connectivity index (χ1) is 14.0. The minimum Gasteiger partial charge on any atom is -0.748 e. The van der Waals surface area contributed by atoms with E-state index in [4.69, 9.17) is 0 Å². The molecule has 0 aromatic carbocycles. The molecule has 1 atom stereocenters. The molecule has 0 heterocycles. The van der Waals surface area contributed by atoms with E-state index in [1.54, 1.807) is 0 Å². The molecule has 0 aliphatic heterocycles. The van der Waals surface area contributed by atoms with Crippen LogP contribution in [0.1, 0.15) is 142 Å². The van der Waals surface area contributed by atoms with E-state index in [-0.39, 0.29) is 41.4 Å². The van der Waals surface area contributed by atoms with Gasteiger partial charge in [0.2, 0.25) is 0 Å². The van der Waals surface area contributed by atoms with Gasteiger partial charge in [0.15, 0.2) is 0 Å². The summed E-state index contributed by atoms with van der Waals surface area (Å²) < 4.78 is 31.5. The predicted octanol–water partition coefficient (Wildman–Crippen LogP) is 4.11. The number of rotatable bonds is 23. The molecule has 1 unspecified atom stereocenters. The molecule has 0 saturated heterocycles. The Hall–Kier alpha value is 0.870. The van der Waals surface area contributed by atoms with Crippen molar-refractivity contribution >= 4 is 10.1 Å². The van der Waals surface area contributed by atoms with Crippen LogP contribution in [0.15, 0.2) is 0 Å². The van der Waals surface area contributed by atoms with Crippen LogP contribution in [0.5, 0.6) is 0 Å². The summed E-state index contributed by atoms with van der Waals surface area (Å²) in [4.78, 5) is 0. The van der Waals surface area contributed by atoms with Gasteiger partial charge in [-0.2, -0.15) is 0 Å². The molecule has 0 aliphatic rings. The number of hydrogen-bond acceptors (Lipinski definition) is 4. The van der Waals surface area contributed by atoms with E-state index in [9.17, 15) is 18.1 Å². The Morgan fingerprint density at radius 2 is 0.900 bits per heavy atom. The smallest absolute Gasteiger partial charge is 0.748 e. The molecule has 1 N–H and O–H groups in total. The van der Waals surface area contributed by atoms with Gasteiger partial charge in [0, 0.05) is 5.75 Å². The predicted molar refractivity (Wildman–Crippen MR) is 123 cm³/mol. The molecule has 0 spiro atoms. The van der Waals surface area contributed by atoms with Gasteiger partial charge < -0.3 is 9.66 Å². The van der Waals surface area contributed by atoms with Crippen LogP contribution in [0.2, 0.25) is 0 Å². The molecule has 0 aromatic rings. The molecule has 0 radical (unpaired) electrons. The molecule has 176 valence electrons. The second-order valence-corrected chi connectivity index (χ2v) is 10.4. The van der Waals surface area contributed by atoms with Gasteiger partial charge in [-0.25, -0.2) is 8.42 Å². The van der Waals surface area contributed by atoms with Crippen molar-refractivity contribution in [2.45, 2.75) is 148 Å². The topological polar surface area (TPSA) is 77.4 Å². The number of hydrogen-bond donors (Lipinski definition) is 1. The Bertz CT molecular complexity index is 429. The van der Waals surface area contributed by atoms with Gasteiger partial charge in [0.25, 0.3) is 0 Å². The van der Waals surface area contributed by atoms with Crippen LogP contribution in [0, 0.1) is 0 Å². The SMILES string of the molecule is CCCCCCCCCCCCCCCCCC(O)CCCCCCS(=O)(=O)[O-].[Na+]. The summed E-state index contributed by atoms with van der Waals surface area (Å²) in [5.74, 6) is -0.255. The Morgan fingerprint density at radius 1 is 0.600 bits per heavy atom. The average molecular weight is 457 g/mol. The van der Waals surface area contributed by atoms with Gasteiger partial charge in [-0.3, -0.25) is 0 Å². The van der Waals surface area contributed by atoms with Crippen molar-refractivity contribution in [3.63, 3.8) is 0 Å². The monoisotopic (exact) mass is 456 g/mol. The summed E-state index contributed by atoms with van der Waals surface area (Å²) in [6.07, 6.45) is 24.8. The molecule has 0 fully saturated rings. The molecule has 0 bridgehead atoms. The van der Waals surface area contributed by atoms with Gasteiger partial charge in [-0.15, -0.1) is 0 Å². The Kier molecular flexibility index (Phi) is 27.0. The molecule has 4 nitrogen and oxygen atoms in total. The summed E-state index contributed by atoms with van der Waals surface area (Å²) in [6, 6.07) is 0. The van der Waals surface area contributed by atoms with Gasteiger partial charge >= 0.3 is 29.6 Å². The third kappa shape index (κ3) is 28.9. The minimum atomic E-state index is -4.06. The Morgan fingerprint density at radius 3 is 1.23 bits per heavy atom. The van der Waals surface area contributed by atoms with Crippen molar-refractivity contribution < 1.29 is 47.6 Å². The molecule has 0 aliphatic carbocycles. The van der Waals surface area contributed by atoms with Crippen LogP contribution < -0.4 is 29.6 Å². The first-order valence-corrected chi connectivity index (χ1v) is 14.1. The number of aliphatic hydroxyl groups excluding tert-OH is 1. The van der Waals surface area contributed by atoms with Crippen molar-refractivity contribution in [3.05, 3.63) is 0 Å². The summed E-state index contributed by atoms with van der Waals surface area (Å²) >= 11 is 0. The van der Waals surface area contributed by atoms with Gasteiger partial charge in [-0.1, -0.05) is 122 Å². The van der Waals surface area contributed by atoms with E-state index < -0.39 is 10.1 Å². The second kappa shape index (κ2) is 24.5. The first-order valence-electron chi connectivity index (χ1n) is 12.6. The summed E-state index contributed by atoms with van der Waals surface area (Å²) in [5.41, 5.74) is 0. The zero-order chi connectivity index (χ0) is 21.6. The molecule has 0 saturated carbocycles. The van der Waals surface area contributed by atoms with E-state index in [1.807, 2.05) is 0 Å². The van der Waals surface area contributed by atoms with Crippen LogP contribution in [-0.2, 0) is 10.1 Å². The normalized spacial score (nSPS) is 12.6. The van der Waals surface area contributed by atoms with Crippen LogP contribution in [-0.4, -0.2) is 29.9 Å². The van der Waals surface area contributed by atoms with Gasteiger partial charge in [0.1, 0.15) is 0 Å². The largest absolute Gasteiger partial charge is 1.00 e. The first kappa shape index (κ1) is 33.0. The van der Waals surface area contributed by atoms with E-state index in [0.717, 1.165) is 38.5 Å². The van der Waals surface area contributed by atoms with Crippen molar-refractivity contribution in [2.24, 2.45) is 0 Å². The molecule has 0 amide bonds. The van der Waals surface area contributed by atoms with Crippen molar-refractivity contribution in [3.8, 4) is 0 Å². The Balaban J connectivity index is 0. The third-order valence-corrected chi connectivity index (χ3v) is 6.61. The second-order valence-electron chi connectivity index (χ2n) is 8.86. The van der Waals surface area contributed by atoms with E-state index in [0.29, 0.717) is 6.42 Å². The fourth-order valence-electron chi connectivity index (χ4n) is 3.91.